The van der Waals surface area contributed by atoms with Gasteiger partial charge in [0.2, 0.25) is 0 Å². The van der Waals surface area contributed by atoms with E-state index >= 15 is 0 Å². The van der Waals surface area contributed by atoms with Gasteiger partial charge in [0.25, 0.3) is 11.6 Å². The lowest BCUT2D eigenvalue weighted by atomic mass is 10.2. The predicted molar refractivity (Wildman–Crippen MR) is 101 cm³/mol. The first-order valence-electron chi connectivity index (χ1n) is 6.86. The number of rotatable bonds is 7. The zero-order valence-electron chi connectivity index (χ0n) is 12.5. The Kier molecular flexibility index (Phi) is 6.55. The smallest absolute Gasteiger partial charge is 0.283 e. The molecule has 0 aliphatic carbocycles. The first-order chi connectivity index (χ1) is 11.5. The molecule has 24 heavy (non-hydrogen) atoms. The van der Waals surface area contributed by atoms with Crippen molar-refractivity contribution in [2.45, 2.75) is 4.90 Å². The summed E-state index contributed by atoms with van der Waals surface area (Å²) in [5.41, 5.74) is 0.498. The van der Waals surface area contributed by atoms with E-state index in [2.05, 4.69) is 6.58 Å². The maximum atomic E-state index is 12.3. The minimum Gasteiger partial charge on any atom is -0.396 e. The quantitative estimate of drug-likeness (QED) is 0.194. The minimum atomic E-state index is -0.472. The van der Waals surface area contributed by atoms with Gasteiger partial charge in [-0.3, -0.25) is 19.8 Å². The Hall–Kier alpha value is -1.68. The number of carbonyl (C=O) groups excluding carboxylic acids is 1. The zero-order valence-corrected chi connectivity index (χ0v) is 15.0. The predicted octanol–water partition coefficient (Wildman–Crippen LogP) is 3.07. The normalized spacial score (nSPS) is 16.0. The average molecular weight is 382 g/mol. The fourth-order valence-corrected chi connectivity index (χ4v) is 4.01. The Balaban J connectivity index is 2.31. The number of nitro groups is 1. The Bertz CT molecular complexity index is 733. The Morgan fingerprint density at radius 3 is 2.88 bits per heavy atom. The topological polar surface area (TPSA) is 83.7 Å². The molecule has 0 spiro atoms. The summed E-state index contributed by atoms with van der Waals surface area (Å²) in [6.45, 7) is 3.86. The van der Waals surface area contributed by atoms with Gasteiger partial charge in [-0.15, -0.1) is 18.3 Å². The third kappa shape index (κ3) is 4.23. The molecule has 1 aromatic carbocycles. The van der Waals surface area contributed by atoms with E-state index in [0.29, 0.717) is 32.0 Å². The molecule has 0 bridgehead atoms. The van der Waals surface area contributed by atoms with Crippen LogP contribution >= 0.6 is 35.7 Å². The van der Waals surface area contributed by atoms with Crippen LogP contribution in [0.2, 0.25) is 0 Å². The minimum absolute atomic E-state index is 0.0521. The fourth-order valence-electron chi connectivity index (χ4n) is 1.98. The first-order valence-corrected chi connectivity index (χ1v) is 9.07. The maximum absolute atomic E-state index is 12.3. The summed E-state index contributed by atoms with van der Waals surface area (Å²) in [6, 6.07) is 4.74. The molecule has 1 heterocycles. The fraction of sp³-hybridized carbons (Fsp3) is 0.200. The number of nitro benzene ring substituents is 1. The van der Waals surface area contributed by atoms with Crippen LogP contribution in [-0.4, -0.2) is 44.1 Å². The van der Waals surface area contributed by atoms with E-state index in [9.17, 15) is 14.9 Å². The van der Waals surface area contributed by atoms with Crippen molar-refractivity contribution in [2.75, 3.05) is 18.9 Å². The van der Waals surface area contributed by atoms with Crippen LogP contribution in [0, 0.1) is 10.1 Å². The molecule has 1 aromatic rings. The summed E-state index contributed by atoms with van der Waals surface area (Å²) in [6.07, 6.45) is 3.18. The summed E-state index contributed by atoms with van der Waals surface area (Å²) < 4.78 is 0.441. The number of thiocarbonyl (C=S) groups is 1. The van der Waals surface area contributed by atoms with Crippen LogP contribution in [0.4, 0.5) is 5.69 Å². The monoisotopic (exact) mass is 382 g/mol. The van der Waals surface area contributed by atoms with E-state index in [1.54, 1.807) is 24.3 Å². The second-order valence-electron chi connectivity index (χ2n) is 4.64. The number of hydrogen-bond acceptors (Lipinski definition) is 7. The summed E-state index contributed by atoms with van der Waals surface area (Å²) in [4.78, 5) is 25.4. The van der Waals surface area contributed by atoms with Gasteiger partial charge in [-0.25, -0.2) is 0 Å². The number of benzene rings is 1. The summed E-state index contributed by atoms with van der Waals surface area (Å²) in [5, 5.41) is 20.1. The molecule has 0 radical (unpaired) electrons. The van der Waals surface area contributed by atoms with E-state index in [1.807, 2.05) is 0 Å². The molecule has 1 N–H and O–H groups in total. The van der Waals surface area contributed by atoms with Crippen molar-refractivity contribution in [3.05, 3.63) is 51.4 Å². The van der Waals surface area contributed by atoms with Gasteiger partial charge < -0.3 is 5.11 Å². The molecule has 0 saturated carbocycles. The van der Waals surface area contributed by atoms with Crippen molar-refractivity contribution in [3.8, 4) is 0 Å². The van der Waals surface area contributed by atoms with E-state index in [1.165, 1.54) is 22.7 Å². The van der Waals surface area contributed by atoms with Gasteiger partial charge in [0.1, 0.15) is 4.32 Å². The van der Waals surface area contributed by atoms with E-state index < -0.39 is 4.92 Å². The highest BCUT2D eigenvalue weighted by atomic mass is 32.2. The van der Waals surface area contributed by atoms with Crippen LogP contribution in [-0.2, 0) is 4.79 Å². The lowest BCUT2D eigenvalue weighted by molar-refractivity contribution is -0.387. The van der Waals surface area contributed by atoms with E-state index in [0.717, 1.165) is 11.8 Å². The second kappa shape index (κ2) is 8.43. The number of carbonyl (C=O) groups is 1. The van der Waals surface area contributed by atoms with Crippen LogP contribution < -0.4 is 0 Å². The Labute approximate surface area is 152 Å². The van der Waals surface area contributed by atoms with Crippen LogP contribution in [0.3, 0.4) is 0 Å². The number of aliphatic hydroxyl groups excluding tert-OH is 1. The van der Waals surface area contributed by atoms with Crippen molar-refractivity contribution >= 4 is 57.7 Å². The molecule has 0 atom stereocenters. The van der Waals surface area contributed by atoms with Gasteiger partial charge >= 0.3 is 0 Å². The largest absolute Gasteiger partial charge is 0.396 e. The molecular weight excluding hydrogens is 368 g/mol. The van der Waals surface area contributed by atoms with Gasteiger partial charge in [-0.05, 0) is 17.7 Å². The molecule has 126 valence electrons. The first kappa shape index (κ1) is 18.7. The summed E-state index contributed by atoms with van der Waals surface area (Å²) in [5.74, 6) is 0.145. The highest BCUT2D eigenvalue weighted by Crippen LogP contribution is 2.34. The third-order valence-electron chi connectivity index (χ3n) is 3.01. The van der Waals surface area contributed by atoms with Gasteiger partial charge in [-0.1, -0.05) is 36.1 Å². The lowest BCUT2D eigenvalue weighted by Gasteiger charge is -2.10. The molecule has 1 aliphatic heterocycles. The summed E-state index contributed by atoms with van der Waals surface area (Å²) in [7, 11) is 0. The number of thioether (sulfide) groups is 2. The molecule has 6 nitrogen and oxygen atoms in total. The van der Waals surface area contributed by atoms with Crippen molar-refractivity contribution in [1.82, 2.24) is 4.90 Å². The second-order valence-corrected chi connectivity index (χ2v) is 7.45. The molecule has 0 unspecified atom stereocenters. The van der Waals surface area contributed by atoms with Crippen molar-refractivity contribution in [2.24, 2.45) is 0 Å². The Morgan fingerprint density at radius 2 is 2.25 bits per heavy atom. The van der Waals surface area contributed by atoms with Crippen molar-refractivity contribution in [1.29, 1.82) is 0 Å². The number of nitrogens with zero attached hydrogens (tertiary/aromatic N) is 2. The van der Waals surface area contributed by atoms with Gasteiger partial charge in [0.05, 0.1) is 21.3 Å². The molecule has 9 heteroatoms. The zero-order chi connectivity index (χ0) is 17.7. The lowest BCUT2D eigenvalue weighted by Crippen LogP contribution is -2.27. The van der Waals surface area contributed by atoms with Gasteiger partial charge in [-0.2, -0.15) is 0 Å². The molecule has 2 rings (SSSR count). The number of aliphatic hydroxyl groups is 1. The highest BCUT2D eigenvalue weighted by Gasteiger charge is 2.31. The van der Waals surface area contributed by atoms with Gasteiger partial charge in [0, 0.05) is 18.4 Å². The van der Waals surface area contributed by atoms with Crippen molar-refractivity contribution < 1.29 is 14.8 Å². The van der Waals surface area contributed by atoms with Crippen LogP contribution in [0.5, 0.6) is 0 Å². The number of hydrogen-bond donors (Lipinski definition) is 1. The van der Waals surface area contributed by atoms with Crippen molar-refractivity contribution in [3.63, 3.8) is 0 Å². The average Bonchev–Trinajstić information content (AvgIpc) is 2.81. The molecule has 1 amide bonds. The molecule has 1 saturated heterocycles. The standard InChI is InChI=1S/C15H14N2O4S3/c1-2-5-16-14(19)13(24-15(16)22)9-10-3-4-12(23-7-6-18)11(8-10)17(20)21/h2-4,8-9,18H,1,5-7H2. The molecule has 1 aliphatic rings. The molecule has 0 aromatic heterocycles. The summed E-state index contributed by atoms with van der Waals surface area (Å²) >= 11 is 7.53. The SMILES string of the molecule is C=CCN1C(=O)C(=Cc2ccc(SCCO)c([N+](=O)[O-])c2)SC1=S. The molecule has 1 fully saturated rings. The van der Waals surface area contributed by atoms with Crippen LogP contribution in [0.15, 0.2) is 40.7 Å². The maximum Gasteiger partial charge on any atom is 0.283 e. The highest BCUT2D eigenvalue weighted by molar-refractivity contribution is 8.26. The third-order valence-corrected chi connectivity index (χ3v) is 5.43. The van der Waals surface area contributed by atoms with E-state index in [4.69, 9.17) is 17.3 Å². The van der Waals surface area contributed by atoms with Crippen LogP contribution in [0.25, 0.3) is 6.08 Å². The Morgan fingerprint density at radius 1 is 1.50 bits per heavy atom. The molecular formula is C15H14N2O4S3. The van der Waals surface area contributed by atoms with E-state index in [-0.39, 0.29) is 18.2 Å². The number of amides is 1. The van der Waals surface area contributed by atoms with Crippen LogP contribution in [0.1, 0.15) is 5.56 Å². The van der Waals surface area contributed by atoms with Gasteiger partial charge in [0.15, 0.2) is 0 Å².